The van der Waals surface area contributed by atoms with Crippen molar-refractivity contribution in [3.05, 3.63) is 17.6 Å². The standard InChI is InChI=1S/C13H21N5/c1-17-6-8-18(9-7-17)16-13-11-4-2-3-5-12(11)14-10-15-13/h10H,2-9H2,1H3,(H,14,15,16). The van der Waals surface area contributed by atoms with Crippen LogP contribution in [0.4, 0.5) is 5.82 Å². The van der Waals surface area contributed by atoms with Crippen LogP contribution >= 0.6 is 0 Å². The molecule has 1 aromatic rings. The molecule has 2 aliphatic rings. The number of nitrogens with zero attached hydrogens (tertiary/aromatic N) is 4. The van der Waals surface area contributed by atoms with Gasteiger partial charge in [0.25, 0.3) is 0 Å². The van der Waals surface area contributed by atoms with E-state index in [-0.39, 0.29) is 0 Å². The van der Waals surface area contributed by atoms with Crippen molar-refractivity contribution in [1.29, 1.82) is 0 Å². The molecule has 1 N–H and O–H groups in total. The first-order valence-electron chi connectivity index (χ1n) is 6.86. The van der Waals surface area contributed by atoms with Crippen LogP contribution in [0.15, 0.2) is 6.33 Å². The average molecular weight is 247 g/mol. The van der Waals surface area contributed by atoms with Crippen molar-refractivity contribution in [3.63, 3.8) is 0 Å². The van der Waals surface area contributed by atoms with Gasteiger partial charge < -0.3 is 10.3 Å². The molecule has 98 valence electrons. The molecule has 0 radical (unpaired) electrons. The van der Waals surface area contributed by atoms with Gasteiger partial charge in [-0.1, -0.05) is 0 Å². The van der Waals surface area contributed by atoms with E-state index in [4.69, 9.17) is 0 Å². The largest absolute Gasteiger partial charge is 0.304 e. The van der Waals surface area contributed by atoms with Gasteiger partial charge in [0, 0.05) is 37.4 Å². The van der Waals surface area contributed by atoms with Gasteiger partial charge in [0.15, 0.2) is 0 Å². The van der Waals surface area contributed by atoms with Crippen LogP contribution in [-0.2, 0) is 12.8 Å². The quantitative estimate of drug-likeness (QED) is 0.842. The van der Waals surface area contributed by atoms with Crippen molar-refractivity contribution in [2.45, 2.75) is 25.7 Å². The number of fused-ring (bicyclic) bond motifs is 1. The second-order valence-corrected chi connectivity index (χ2v) is 5.26. The topological polar surface area (TPSA) is 44.3 Å². The number of anilines is 1. The first-order chi connectivity index (χ1) is 8.83. The van der Waals surface area contributed by atoms with Crippen LogP contribution in [-0.4, -0.2) is 53.1 Å². The monoisotopic (exact) mass is 247 g/mol. The molecule has 0 atom stereocenters. The molecule has 0 bridgehead atoms. The molecule has 1 fully saturated rings. The number of aromatic nitrogens is 2. The van der Waals surface area contributed by atoms with Gasteiger partial charge in [-0.25, -0.2) is 15.0 Å². The molecule has 3 rings (SSSR count). The summed E-state index contributed by atoms with van der Waals surface area (Å²) in [4.78, 5) is 11.2. The van der Waals surface area contributed by atoms with E-state index < -0.39 is 0 Å². The summed E-state index contributed by atoms with van der Waals surface area (Å²) >= 11 is 0. The minimum atomic E-state index is 1.03. The van der Waals surface area contributed by atoms with Crippen molar-refractivity contribution in [1.82, 2.24) is 19.9 Å². The van der Waals surface area contributed by atoms with E-state index in [9.17, 15) is 0 Å². The van der Waals surface area contributed by atoms with Crippen LogP contribution < -0.4 is 5.43 Å². The summed E-state index contributed by atoms with van der Waals surface area (Å²) in [6.45, 7) is 4.32. The second kappa shape index (κ2) is 5.20. The van der Waals surface area contributed by atoms with Crippen LogP contribution in [0, 0.1) is 0 Å². The maximum Gasteiger partial charge on any atom is 0.147 e. The zero-order valence-electron chi connectivity index (χ0n) is 11.0. The Balaban J connectivity index is 1.72. The number of nitrogens with one attached hydrogen (secondary N) is 1. The van der Waals surface area contributed by atoms with Gasteiger partial charge >= 0.3 is 0 Å². The molecule has 0 spiro atoms. The summed E-state index contributed by atoms with van der Waals surface area (Å²) in [5, 5.41) is 2.28. The molecular formula is C13H21N5. The van der Waals surface area contributed by atoms with Gasteiger partial charge in [-0.05, 0) is 32.7 Å². The van der Waals surface area contributed by atoms with Gasteiger partial charge in [-0.3, -0.25) is 0 Å². The molecule has 1 saturated heterocycles. The fourth-order valence-electron chi connectivity index (χ4n) is 2.69. The molecule has 18 heavy (non-hydrogen) atoms. The Morgan fingerprint density at radius 1 is 1.06 bits per heavy atom. The summed E-state index contributed by atoms with van der Waals surface area (Å²) in [5.74, 6) is 1.03. The van der Waals surface area contributed by atoms with Gasteiger partial charge in [0.2, 0.25) is 0 Å². The molecule has 0 saturated carbocycles. The fraction of sp³-hybridized carbons (Fsp3) is 0.692. The van der Waals surface area contributed by atoms with Crippen LogP contribution in [0.1, 0.15) is 24.1 Å². The maximum atomic E-state index is 4.43. The second-order valence-electron chi connectivity index (χ2n) is 5.26. The third-order valence-corrected chi connectivity index (χ3v) is 3.89. The van der Waals surface area contributed by atoms with Crippen molar-refractivity contribution in [3.8, 4) is 0 Å². The van der Waals surface area contributed by atoms with E-state index in [2.05, 4.69) is 32.4 Å². The average Bonchev–Trinajstić information content (AvgIpc) is 2.42. The first kappa shape index (κ1) is 11.9. The molecule has 5 nitrogen and oxygen atoms in total. The van der Waals surface area contributed by atoms with Crippen LogP contribution in [0.2, 0.25) is 0 Å². The normalized spacial score (nSPS) is 21.6. The summed E-state index contributed by atoms with van der Waals surface area (Å²) in [7, 11) is 2.17. The minimum absolute atomic E-state index is 1.03. The highest BCUT2D eigenvalue weighted by molar-refractivity contribution is 5.46. The van der Waals surface area contributed by atoms with E-state index in [1.165, 1.54) is 24.1 Å². The molecule has 5 heteroatoms. The Morgan fingerprint density at radius 2 is 1.83 bits per heavy atom. The molecule has 1 aromatic heterocycles. The number of rotatable bonds is 2. The van der Waals surface area contributed by atoms with E-state index in [0.29, 0.717) is 0 Å². The Hall–Kier alpha value is -1.20. The Bertz CT molecular complexity index is 412. The van der Waals surface area contributed by atoms with Crippen molar-refractivity contribution < 1.29 is 0 Å². The molecule has 1 aliphatic heterocycles. The third kappa shape index (κ3) is 2.47. The van der Waals surface area contributed by atoms with Crippen molar-refractivity contribution >= 4 is 5.82 Å². The zero-order valence-corrected chi connectivity index (χ0v) is 11.0. The lowest BCUT2D eigenvalue weighted by molar-refractivity contribution is 0.178. The SMILES string of the molecule is CN1CCN(Nc2ncnc3c2CCCC3)CC1. The molecule has 0 unspecified atom stereocenters. The lowest BCUT2D eigenvalue weighted by atomic mass is 9.97. The third-order valence-electron chi connectivity index (χ3n) is 3.89. The number of hydrazine groups is 1. The van der Waals surface area contributed by atoms with Gasteiger partial charge in [0.1, 0.15) is 12.1 Å². The van der Waals surface area contributed by atoms with Crippen LogP contribution in [0.3, 0.4) is 0 Å². The lowest BCUT2D eigenvalue weighted by Crippen LogP contribution is -2.47. The van der Waals surface area contributed by atoms with Crippen LogP contribution in [0.5, 0.6) is 0 Å². The van der Waals surface area contributed by atoms with Gasteiger partial charge in [-0.2, -0.15) is 0 Å². The molecule has 2 heterocycles. The number of aryl methyl sites for hydroxylation is 1. The number of hydrogen-bond acceptors (Lipinski definition) is 5. The van der Waals surface area contributed by atoms with Crippen LogP contribution in [0.25, 0.3) is 0 Å². The smallest absolute Gasteiger partial charge is 0.147 e. The van der Waals surface area contributed by atoms with Crippen molar-refractivity contribution in [2.24, 2.45) is 0 Å². The van der Waals surface area contributed by atoms with Gasteiger partial charge in [0.05, 0.1) is 0 Å². The number of hydrogen-bond donors (Lipinski definition) is 1. The van der Waals surface area contributed by atoms with E-state index in [1.807, 2.05) is 0 Å². The fourth-order valence-corrected chi connectivity index (χ4v) is 2.69. The predicted molar refractivity (Wildman–Crippen MR) is 71.4 cm³/mol. The first-order valence-corrected chi connectivity index (χ1v) is 6.86. The summed E-state index contributed by atoms with van der Waals surface area (Å²) in [6.07, 6.45) is 6.44. The Labute approximate surface area is 108 Å². The summed E-state index contributed by atoms with van der Waals surface area (Å²) in [6, 6.07) is 0. The molecule has 1 aliphatic carbocycles. The van der Waals surface area contributed by atoms with Gasteiger partial charge in [-0.15, -0.1) is 0 Å². The number of piperazine rings is 1. The lowest BCUT2D eigenvalue weighted by Gasteiger charge is -2.33. The Kier molecular flexibility index (Phi) is 3.43. The number of likely N-dealkylation sites (N-methyl/N-ethyl adjacent to an activating group) is 1. The molecular weight excluding hydrogens is 226 g/mol. The van der Waals surface area contributed by atoms with Crippen molar-refractivity contribution in [2.75, 3.05) is 38.7 Å². The summed E-state index contributed by atoms with van der Waals surface area (Å²) < 4.78 is 0. The van der Waals surface area contributed by atoms with E-state index in [0.717, 1.165) is 44.8 Å². The maximum absolute atomic E-state index is 4.43. The Morgan fingerprint density at radius 3 is 2.67 bits per heavy atom. The van der Waals surface area contributed by atoms with E-state index >= 15 is 0 Å². The summed E-state index contributed by atoms with van der Waals surface area (Å²) in [5.41, 5.74) is 6.06. The van der Waals surface area contributed by atoms with E-state index in [1.54, 1.807) is 6.33 Å². The molecule has 0 amide bonds. The highest BCUT2D eigenvalue weighted by Crippen LogP contribution is 2.24. The highest BCUT2D eigenvalue weighted by Gasteiger charge is 2.19. The highest BCUT2D eigenvalue weighted by atomic mass is 15.5. The zero-order chi connectivity index (χ0) is 12.4. The molecule has 0 aromatic carbocycles. The minimum Gasteiger partial charge on any atom is -0.304 e. The predicted octanol–water partition coefficient (Wildman–Crippen LogP) is 0.930.